The monoisotopic (exact) mass is 441 g/mol. The Morgan fingerprint density at radius 1 is 0.419 bits per heavy atom. The minimum atomic E-state index is -0.663. The van der Waals surface area contributed by atoms with E-state index in [1.165, 1.54) is 116 Å². The maximum atomic E-state index is 10.9. The molecule has 0 radical (unpaired) electrons. The maximum absolute atomic E-state index is 10.9. The fourth-order valence-corrected chi connectivity index (χ4v) is 4.15. The second-order valence-corrected chi connectivity index (χ2v) is 9.21. The van der Waals surface area contributed by atoms with Crippen molar-refractivity contribution >= 4 is 11.9 Å². The zero-order valence-electron chi connectivity index (χ0n) is 20.2. The van der Waals surface area contributed by atoms with Gasteiger partial charge in [-0.2, -0.15) is 0 Å². The predicted octanol–water partition coefficient (Wildman–Crippen LogP) is 7.94. The fraction of sp³-hybridized carbons (Fsp3) is 0.923. The first kappa shape index (κ1) is 29.9. The van der Waals surface area contributed by atoms with Gasteiger partial charge in [0, 0.05) is 12.8 Å². The lowest BCUT2D eigenvalue weighted by atomic mass is 10.0. The summed E-state index contributed by atoms with van der Waals surface area (Å²) in [5.74, 6) is -0.932. The first-order chi connectivity index (χ1) is 15.2. The number of aliphatic carboxylic acids is 1. The molecule has 5 heteroatoms. The average Bonchev–Trinajstić information content (AvgIpc) is 2.76. The first-order valence-corrected chi connectivity index (χ1v) is 13.3. The quantitative estimate of drug-likeness (QED) is 0.0762. The summed E-state index contributed by atoms with van der Waals surface area (Å²) in [6.07, 6.45) is 28.8. The Kier molecular flexibility index (Phi) is 24.3. The van der Waals surface area contributed by atoms with Gasteiger partial charge in [0.25, 0.3) is 0 Å². The van der Waals surface area contributed by atoms with E-state index in [2.05, 4.69) is 0 Å². The number of amides is 1. The van der Waals surface area contributed by atoms with Crippen LogP contribution in [0.15, 0.2) is 0 Å². The molecular formula is C26H51NO4. The molecule has 0 spiro atoms. The molecule has 0 aliphatic rings. The Morgan fingerprint density at radius 2 is 0.645 bits per heavy atom. The summed E-state index contributed by atoms with van der Waals surface area (Å²) in [7, 11) is 0. The smallest absolute Gasteiger partial charge is 0.303 e. The number of carbonyl (C=O) groups excluding carboxylic acids is 1. The van der Waals surface area contributed by atoms with Crippen LogP contribution in [0, 0.1) is 0 Å². The highest BCUT2D eigenvalue weighted by Crippen LogP contribution is 2.15. The van der Waals surface area contributed by atoms with Gasteiger partial charge < -0.3 is 5.11 Å². The molecule has 31 heavy (non-hydrogen) atoms. The van der Waals surface area contributed by atoms with Gasteiger partial charge in [0.15, 0.2) is 0 Å². The van der Waals surface area contributed by atoms with Crippen molar-refractivity contribution in [3.05, 3.63) is 0 Å². The van der Waals surface area contributed by atoms with Crippen LogP contribution in [0.3, 0.4) is 0 Å². The number of unbranched alkanes of at least 4 members (excludes halogenated alkanes) is 21. The van der Waals surface area contributed by atoms with Crippen LogP contribution in [-0.4, -0.2) is 22.2 Å². The number of hydrogen-bond acceptors (Lipinski definition) is 3. The van der Waals surface area contributed by atoms with Crippen LogP contribution in [0.1, 0.15) is 154 Å². The van der Waals surface area contributed by atoms with Crippen molar-refractivity contribution in [2.24, 2.45) is 0 Å². The topological polar surface area (TPSA) is 86.6 Å². The molecule has 3 N–H and O–H groups in total. The predicted molar refractivity (Wildman–Crippen MR) is 128 cm³/mol. The van der Waals surface area contributed by atoms with Crippen molar-refractivity contribution in [1.82, 2.24) is 5.48 Å². The zero-order chi connectivity index (χ0) is 22.8. The Hall–Kier alpha value is -1.10. The molecule has 0 atom stereocenters. The fourth-order valence-electron chi connectivity index (χ4n) is 4.15. The largest absolute Gasteiger partial charge is 0.481 e. The molecule has 0 aromatic carbocycles. The molecule has 0 aromatic heterocycles. The first-order valence-electron chi connectivity index (χ1n) is 13.3. The molecule has 0 unspecified atom stereocenters. The van der Waals surface area contributed by atoms with Crippen molar-refractivity contribution < 1.29 is 19.9 Å². The van der Waals surface area contributed by atoms with Crippen LogP contribution in [-0.2, 0) is 9.59 Å². The van der Waals surface area contributed by atoms with Crippen LogP contribution in [0.5, 0.6) is 0 Å². The van der Waals surface area contributed by atoms with E-state index >= 15 is 0 Å². The van der Waals surface area contributed by atoms with Gasteiger partial charge in [0.05, 0.1) is 0 Å². The number of rotatable bonds is 25. The molecule has 1 amide bonds. The van der Waals surface area contributed by atoms with E-state index in [4.69, 9.17) is 10.3 Å². The lowest BCUT2D eigenvalue weighted by Gasteiger charge is -2.04. The summed E-state index contributed by atoms with van der Waals surface area (Å²) in [5.41, 5.74) is 1.68. The van der Waals surface area contributed by atoms with Crippen LogP contribution < -0.4 is 5.48 Å². The normalized spacial score (nSPS) is 11.0. The third-order valence-electron chi connectivity index (χ3n) is 6.17. The van der Waals surface area contributed by atoms with Gasteiger partial charge in [-0.1, -0.05) is 128 Å². The van der Waals surface area contributed by atoms with Crippen molar-refractivity contribution in [1.29, 1.82) is 0 Å². The Labute approximate surface area is 191 Å². The Balaban J connectivity index is 3.03. The Morgan fingerprint density at radius 3 is 0.871 bits per heavy atom. The number of hydrogen-bond donors (Lipinski definition) is 3. The van der Waals surface area contributed by atoms with E-state index < -0.39 is 5.97 Å². The summed E-state index contributed by atoms with van der Waals surface area (Å²) in [4.78, 5) is 21.3. The van der Waals surface area contributed by atoms with Crippen LogP contribution in [0.2, 0.25) is 0 Å². The van der Waals surface area contributed by atoms with Gasteiger partial charge in [0.1, 0.15) is 0 Å². The Bertz CT molecular complexity index is 401. The third-order valence-corrected chi connectivity index (χ3v) is 6.17. The standard InChI is InChI=1S/C26H51NO4/c28-25(27-31)23-21-19-17-15-13-11-9-7-5-3-1-2-4-6-8-10-12-14-16-18-20-22-24-26(29)30/h31H,1-24H2,(H,27,28)(H,29,30). The maximum Gasteiger partial charge on any atom is 0.303 e. The molecule has 0 aromatic rings. The van der Waals surface area contributed by atoms with E-state index in [0.29, 0.717) is 12.8 Å². The highest BCUT2D eigenvalue weighted by atomic mass is 16.5. The third kappa shape index (κ3) is 26.9. The van der Waals surface area contributed by atoms with Crippen molar-refractivity contribution in [2.45, 2.75) is 154 Å². The molecule has 0 aliphatic carbocycles. The molecule has 0 rings (SSSR count). The summed E-state index contributed by atoms with van der Waals surface area (Å²) >= 11 is 0. The molecular weight excluding hydrogens is 390 g/mol. The number of nitrogens with one attached hydrogen (secondary N) is 1. The van der Waals surface area contributed by atoms with E-state index in [-0.39, 0.29) is 5.91 Å². The van der Waals surface area contributed by atoms with Gasteiger partial charge >= 0.3 is 5.97 Å². The molecule has 0 fully saturated rings. The summed E-state index contributed by atoms with van der Waals surface area (Å²) < 4.78 is 0. The molecule has 0 bridgehead atoms. The number of carbonyl (C=O) groups is 2. The molecule has 0 saturated heterocycles. The van der Waals surface area contributed by atoms with Gasteiger partial charge in [-0.05, 0) is 12.8 Å². The van der Waals surface area contributed by atoms with E-state index in [0.717, 1.165) is 25.7 Å². The minimum Gasteiger partial charge on any atom is -0.481 e. The van der Waals surface area contributed by atoms with E-state index in [9.17, 15) is 9.59 Å². The average molecular weight is 442 g/mol. The van der Waals surface area contributed by atoms with Gasteiger partial charge in [0.2, 0.25) is 5.91 Å². The van der Waals surface area contributed by atoms with Crippen LogP contribution in [0.25, 0.3) is 0 Å². The molecule has 5 nitrogen and oxygen atoms in total. The SMILES string of the molecule is O=C(O)CCCCCCCCCCCCCCCCCCCCCCCCC(=O)NO. The summed E-state index contributed by atoms with van der Waals surface area (Å²) in [6, 6.07) is 0. The van der Waals surface area contributed by atoms with Gasteiger partial charge in [-0.3, -0.25) is 14.8 Å². The van der Waals surface area contributed by atoms with Crippen LogP contribution >= 0.6 is 0 Å². The number of hydroxylamine groups is 1. The second kappa shape index (κ2) is 25.2. The van der Waals surface area contributed by atoms with E-state index in [1.807, 2.05) is 0 Å². The summed E-state index contributed by atoms with van der Waals surface area (Å²) in [6.45, 7) is 0. The lowest BCUT2D eigenvalue weighted by Crippen LogP contribution is -2.17. The minimum absolute atomic E-state index is 0.269. The highest BCUT2D eigenvalue weighted by Gasteiger charge is 1.99. The molecule has 184 valence electrons. The number of carboxylic acid groups (broad SMARTS) is 1. The van der Waals surface area contributed by atoms with Crippen molar-refractivity contribution in [2.75, 3.05) is 0 Å². The van der Waals surface area contributed by atoms with Gasteiger partial charge in [-0.25, -0.2) is 5.48 Å². The van der Waals surface area contributed by atoms with E-state index in [1.54, 1.807) is 5.48 Å². The lowest BCUT2D eigenvalue weighted by molar-refractivity contribution is -0.137. The van der Waals surface area contributed by atoms with Crippen LogP contribution in [0.4, 0.5) is 0 Å². The highest BCUT2D eigenvalue weighted by molar-refractivity contribution is 5.74. The van der Waals surface area contributed by atoms with Crippen molar-refractivity contribution in [3.8, 4) is 0 Å². The van der Waals surface area contributed by atoms with Gasteiger partial charge in [-0.15, -0.1) is 0 Å². The summed E-state index contributed by atoms with van der Waals surface area (Å²) in [5, 5.41) is 17.0. The van der Waals surface area contributed by atoms with Crippen molar-refractivity contribution in [3.63, 3.8) is 0 Å². The molecule has 0 aliphatic heterocycles. The molecule has 0 saturated carbocycles. The second-order valence-electron chi connectivity index (χ2n) is 9.21. The zero-order valence-corrected chi connectivity index (χ0v) is 20.2. The molecule has 0 heterocycles. The number of carboxylic acids is 1.